The number of thioether (sulfide) groups is 1. The predicted molar refractivity (Wildman–Crippen MR) is 91.1 cm³/mol. The molecule has 1 aliphatic rings. The van der Waals surface area contributed by atoms with E-state index < -0.39 is 21.2 Å². The first-order valence-electron chi connectivity index (χ1n) is 7.16. The third-order valence-corrected chi connectivity index (χ3v) is 7.16. The third kappa shape index (κ3) is 4.02. The lowest BCUT2D eigenvalue weighted by atomic mass is 10.3. The van der Waals surface area contributed by atoms with Gasteiger partial charge in [-0.2, -0.15) is 0 Å². The van der Waals surface area contributed by atoms with Gasteiger partial charge in [-0.1, -0.05) is 23.4 Å². The van der Waals surface area contributed by atoms with Gasteiger partial charge in [-0.15, -0.1) is 10.2 Å². The Kier molecular flexibility index (Phi) is 5.05. The zero-order chi connectivity index (χ0) is 17.3. The molecule has 2 atom stereocenters. The fourth-order valence-corrected chi connectivity index (χ4v) is 5.93. The summed E-state index contributed by atoms with van der Waals surface area (Å²) >= 11 is 7.04. The maximum Gasteiger partial charge on any atom is 0.191 e. The summed E-state index contributed by atoms with van der Waals surface area (Å²) in [7, 11) is -1.41. The number of aliphatic hydroxyl groups is 1. The smallest absolute Gasteiger partial charge is 0.191 e. The molecule has 0 saturated carbocycles. The molecular weight excluding hydrogens is 374 g/mol. The minimum absolute atomic E-state index is 0.0533. The van der Waals surface area contributed by atoms with Crippen LogP contribution in [0.5, 0.6) is 5.75 Å². The standard InChI is InChI=1S/C14H16ClN3O4S2/c1-18-13(6-22-10-4-2-9(15)3-5-10)16-17-14(18)23-12-8-24(20,21)7-11(12)19/h2-5,11-12,19H,6-8H2,1H3/t11-,12-/m1/s1. The summed E-state index contributed by atoms with van der Waals surface area (Å²) in [5, 5.41) is 18.7. The Morgan fingerprint density at radius 3 is 2.67 bits per heavy atom. The second kappa shape index (κ2) is 6.91. The number of halogens is 1. The van der Waals surface area contributed by atoms with Crippen LogP contribution < -0.4 is 4.74 Å². The fraction of sp³-hybridized carbons (Fsp3) is 0.429. The maximum atomic E-state index is 11.6. The van der Waals surface area contributed by atoms with Crippen molar-refractivity contribution in [2.75, 3.05) is 11.5 Å². The van der Waals surface area contributed by atoms with Crippen LogP contribution in [0.1, 0.15) is 5.82 Å². The molecule has 1 saturated heterocycles. The van der Waals surface area contributed by atoms with Crippen molar-refractivity contribution in [2.45, 2.75) is 23.1 Å². The van der Waals surface area contributed by atoms with E-state index in [0.29, 0.717) is 21.8 Å². The molecule has 0 spiro atoms. The van der Waals surface area contributed by atoms with E-state index in [9.17, 15) is 13.5 Å². The van der Waals surface area contributed by atoms with Gasteiger partial charge in [-0.25, -0.2) is 8.42 Å². The summed E-state index contributed by atoms with van der Waals surface area (Å²) in [6.07, 6.45) is -0.884. The average Bonchev–Trinajstić information content (AvgIpc) is 2.99. The van der Waals surface area contributed by atoms with E-state index in [1.165, 1.54) is 11.8 Å². The Bertz CT molecular complexity index is 823. The van der Waals surface area contributed by atoms with E-state index in [4.69, 9.17) is 16.3 Å². The van der Waals surface area contributed by atoms with Gasteiger partial charge in [0.1, 0.15) is 12.4 Å². The highest BCUT2D eigenvalue weighted by molar-refractivity contribution is 8.01. The minimum Gasteiger partial charge on any atom is -0.486 e. The molecule has 7 nitrogen and oxygen atoms in total. The number of sulfone groups is 1. The lowest BCUT2D eigenvalue weighted by Gasteiger charge is -2.11. The number of benzene rings is 1. The Hall–Kier alpha value is -1.29. The molecule has 1 aliphatic heterocycles. The molecule has 2 heterocycles. The third-order valence-electron chi connectivity index (χ3n) is 3.64. The van der Waals surface area contributed by atoms with E-state index >= 15 is 0 Å². The zero-order valence-electron chi connectivity index (χ0n) is 12.8. The van der Waals surface area contributed by atoms with E-state index in [2.05, 4.69) is 10.2 Å². The average molecular weight is 390 g/mol. The van der Waals surface area contributed by atoms with E-state index in [1.807, 2.05) is 0 Å². The van der Waals surface area contributed by atoms with E-state index in [-0.39, 0.29) is 18.1 Å². The quantitative estimate of drug-likeness (QED) is 0.823. The van der Waals surface area contributed by atoms with Crippen molar-refractivity contribution < 1.29 is 18.3 Å². The van der Waals surface area contributed by atoms with Crippen LogP contribution in [-0.4, -0.2) is 51.1 Å². The van der Waals surface area contributed by atoms with E-state index in [0.717, 1.165) is 0 Å². The van der Waals surface area contributed by atoms with Crippen molar-refractivity contribution in [2.24, 2.45) is 7.05 Å². The highest BCUT2D eigenvalue weighted by atomic mass is 35.5. The van der Waals surface area contributed by atoms with Crippen molar-refractivity contribution in [3.63, 3.8) is 0 Å². The molecule has 0 radical (unpaired) electrons. The van der Waals surface area contributed by atoms with Gasteiger partial charge in [0.05, 0.1) is 22.9 Å². The second-order valence-electron chi connectivity index (χ2n) is 5.50. The van der Waals surface area contributed by atoms with E-state index in [1.54, 1.807) is 35.9 Å². The van der Waals surface area contributed by atoms with Gasteiger partial charge < -0.3 is 14.4 Å². The number of hydrogen-bond acceptors (Lipinski definition) is 7. The lowest BCUT2D eigenvalue weighted by molar-refractivity contribution is 0.207. The molecule has 0 aliphatic carbocycles. The summed E-state index contributed by atoms with van der Waals surface area (Å²) in [5.41, 5.74) is 0. The Balaban J connectivity index is 1.64. The molecule has 2 aromatic rings. The summed E-state index contributed by atoms with van der Waals surface area (Å²) in [6.45, 7) is 0.219. The zero-order valence-corrected chi connectivity index (χ0v) is 15.2. The van der Waals surface area contributed by atoms with Gasteiger partial charge in [-0.05, 0) is 24.3 Å². The first kappa shape index (κ1) is 17.5. The van der Waals surface area contributed by atoms with Crippen molar-refractivity contribution in [1.82, 2.24) is 14.8 Å². The predicted octanol–water partition coefficient (Wildman–Crippen LogP) is 1.30. The highest BCUT2D eigenvalue weighted by Gasteiger charge is 2.38. The maximum absolute atomic E-state index is 11.6. The lowest BCUT2D eigenvalue weighted by Crippen LogP contribution is -2.20. The molecular formula is C14H16ClN3O4S2. The number of nitrogens with zero attached hydrogens (tertiary/aromatic N) is 3. The molecule has 130 valence electrons. The van der Waals surface area contributed by atoms with Crippen LogP contribution in [0.2, 0.25) is 5.02 Å². The topological polar surface area (TPSA) is 94.3 Å². The minimum atomic E-state index is -3.18. The van der Waals surface area contributed by atoms with Gasteiger partial charge in [-0.3, -0.25) is 0 Å². The van der Waals surface area contributed by atoms with Gasteiger partial charge in [0, 0.05) is 12.1 Å². The number of rotatable bonds is 5. The first-order chi connectivity index (χ1) is 11.3. The van der Waals surface area contributed by atoms with Crippen LogP contribution in [0.3, 0.4) is 0 Å². The summed E-state index contributed by atoms with van der Waals surface area (Å²) in [5.74, 6) is 1.01. The largest absolute Gasteiger partial charge is 0.486 e. The van der Waals surface area contributed by atoms with Crippen LogP contribution in [0.4, 0.5) is 0 Å². The van der Waals surface area contributed by atoms with Crippen molar-refractivity contribution >= 4 is 33.2 Å². The SMILES string of the molecule is Cn1c(COc2ccc(Cl)cc2)nnc1S[C@@H]1CS(=O)(=O)C[C@H]1O. The Labute approximate surface area is 148 Å². The van der Waals surface area contributed by atoms with Crippen LogP contribution in [0.25, 0.3) is 0 Å². The summed E-state index contributed by atoms with van der Waals surface area (Å²) in [4.78, 5) is 0. The molecule has 0 unspecified atom stereocenters. The number of aliphatic hydroxyl groups excluding tert-OH is 1. The van der Waals surface area contributed by atoms with Crippen molar-refractivity contribution in [3.8, 4) is 5.75 Å². The first-order valence-corrected chi connectivity index (χ1v) is 10.2. The van der Waals surface area contributed by atoms with Crippen LogP contribution in [0, 0.1) is 0 Å². The molecule has 0 amide bonds. The molecule has 3 rings (SSSR count). The fourth-order valence-electron chi connectivity index (χ4n) is 2.30. The van der Waals surface area contributed by atoms with Crippen LogP contribution >= 0.6 is 23.4 Å². The number of hydrogen-bond donors (Lipinski definition) is 1. The molecule has 1 aromatic heterocycles. The van der Waals surface area contributed by atoms with Gasteiger partial charge >= 0.3 is 0 Å². The Morgan fingerprint density at radius 1 is 1.33 bits per heavy atom. The van der Waals surface area contributed by atoms with Crippen molar-refractivity contribution in [1.29, 1.82) is 0 Å². The molecule has 10 heteroatoms. The highest BCUT2D eigenvalue weighted by Crippen LogP contribution is 2.30. The van der Waals surface area contributed by atoms with Gasteiger partial charge in [0.25, 0.3) is 0 Å². The van der Waals surface area contributed by atoms with Gasteiger partial charge in [0.15, 0.2) is 20.8 Å². The van der Waals surface area contributed by atoms with Crippen LogP contribution in [-0.2, 0) is 23.5 Å². The second-order valence-corrected chi connectivity index (χ2v) is 9.30. The molecule has 1 fully saturated rings. The summed E-state index contributed by atoms with van der Waals surface area (Å²) in [6, 6.07) is 6.98. The number of ether oxygens (including phenoxy) is 1. The number of aromatic nitrogens is 3. The molecule has 24 heavy (non-hydrogen) atoms. The van der Waals surface area contributed by atoms with Crippen LogP contribution in [0.15, 0.2) is 29.4 Å². The monoisotopic (exact) mass is 389 g/mol. The van der Waals surface area contributed by atoms with Gasteiger partial charge in [0.2, 0.25) is 0 Å². The molecule has 1 aromatic carbocycles. The Morgan fingerprint density at radius 2 is 2.04 bits per heavy atom. The molecule has 0 bridgehead atoms. The summed E-state index contributed by atoms with van der Waals surface area (Å²) < 4.78 is 30.5. The molecule has 1 N–H and O–H groups in total. The van der Waals surface area contributed by atoms with Crippen molar-refractivity contribution in [3.05, 3.63) is 35.1 Å². The normalized spacial score (nSPS) is 22.6.